The van der Waals surface area contributed by atoms with E-state index < -0.39 is 0 Å². The summed E-state index contributed by atoms with van der Waals surface area (Å²) in [5, 5.41) is 15.2. The number of hydrogen-bond acceptors (Lipinski definition) is 6. The summed E-state index contributed by atoms with van der Waals surface area (Å²) in [7, 11) is 0. The molecule has 2 aromatic carbocycles. The molecule has 1 aromatic heterocycles. The van der Waals surface area contributed by atoms with Crippen molar-refractivity contribution < 1.29 is 4.79 Å². The lowest BCUT2D eigenvalue weighted by Gasteiger charge is -2.08. The fourth-order valence-corrected chi connectivity index (χ4v) is 4.39. The Kier molecular flexibility index (Phi) is 6.51. The number of nitrogens with one attached hydrogen (secondary N) is 2. The van der Waals surface area contributed by atoms with E-state index >= 15 is 0 Å². The fourth-order valence-electron chi connectivity index (χ4n) is 2.34. The van der Waals surface area contributed by atoms with Crippen molar-refractivity contribution in [2.24, 2.45) is 0 Å². The normalized spacial score (nSPS) is 10.7. The Labute approximate surface area is 175 Å². The summed E-state index contributed by atoms with van der Waals surface area (Å²) in [6.07, 6.45) is 0. The van der Waals surface area contributed by atoms with Crippen LogP contribution in [0.15, 0.2) is 45.2 Å². The van der Waals surface area contributed by atoms with E-state index in [2.05, 4.69) is 62.7 Å². The molecule has 27 heavy (non-hydrogen) atoms. The number of thioether (sulfide) groups is 1. The lowest BCUT2D eigenvalue weighted by Crippen LogP contribution is -2.14. The lowest BCUT2D eigenvalue weighted by atomic mass is 10.1. The van der Waals surface area contributed by atoms with Gasteiger partial charge in [0, 0.05) is 15.8 Å². The van der Waals surface area contributed by atoms with Gasteiger partial charge in [-0.2, -0.15) is 0 Å². The van der Waals surface area contributed by atoms with Gasteiger partial charge in [0.1, 0.15) is 0 Å². The Bertz CT molecular complexity index is 974. The molecule has 0 saturated heterocycles. The van der Waals surface area contributed by atoms with Gasteiger partial charge in [0.2, 0.25) is 11.0 Å². The van der Waals surface area contributed by atoms with Gasteiger partial charge >= 0.3 is 0 Å². The summed E-state index contributed by atoms with van der Waals surface area (Å²) in [4.78, 5) is 12.2. The van der Waals surface area contributed by atoms with Crippen LogP contribution in [-0.2, 0) is 4.79 Å². The number of carbonyl (C=O) groups is 1. The second-order valence-electron chi connectivity index (χ2n) is 6.09. The second-order valence-corrected chi connectivity index (χ2v) is 9.21. The average molecular weight is 463 g/mol. The number of aryl methyl sites for hydroxylation is 3. The Balaban J connectivity index is 1.54. The summed E-state index contributed by atoms with van der Waals surface area (Å²) < 4.78 is 1.74. The predicted octanol–water partition coefficient (Wildman–Crippen LogP) is 5.70. The van der Waals surface area contributed by atoms with Crippen molar-refractivity contribution in [1.29, 1.82) is 0 Å². The van der Waals surface area contributed by atoms with Crippen molar-refractivity contribution in [2.45, 2.75) is 25.1 Å². The molecule has 0 radical (unpaired) electrons. The molecule has 5 nitrogen and oxygen atoms in total. The van der Waals surface area contributed by atoms with Crippen LogP contribution in [0.2, 0.25) is 0 Å². The molecule has 2 N–H and O–H groups in total. The smallest absolute Gasteiger partial charge is 0.234 e. The van der Waals surface area contributed by atoms with Crippen LogP contribution < -0.4 is 10.6 Å². The number of rotatable bonds is 6. The number of aromatic nitrogens is 2. The third-order valence-corrected chi connectivity index (χ3v) is 6.42. The van der Waals surface area contributed by atoms with Gasteiger partial charge in [-0.25, -0.2) is 0 Å². The first-order valence-electron chi connectivity index (χ1n) is 8.27. The summed E-state index contributed by atoms with van der Waals surface area (Å²) in [5.74, 6) is 0.220. The van der Waals surface area contributed by atoms with Gasteiger partial charge in [0.05, 0.1) is 5.75 Å². The van der Waals surface area contributed by atoms with Crippen molar-refractivity contribution in [3.63, 3.8) is 0 Å². The first-order valence-corrected chi connectivity index (χ1v) is 10.9. The number of hydrogen-bond donors (Lipinski definition) is 2. The van der Waals surface area contributed by atoms with Crippen molar-refractivity contribution >= 4 is 61.4 Å². The summed E-state index contributed by atoms with van der Waals surface area (Å²) in [6.45, 7) is 6.12. The van der Waals surface area contributed by atoms with Crippen LogP contribution in [0.1, 0.15) is 16.7 Å². The second kappa shape index (κ2) is 8.86. The maximum Gasteiger partial charge on any atom is 0.234 e. The molecule has 0 bridgehead atoms. The fraction of sp³-hybridized carbons (Fsp3) is 0.211. The molecule has 0 atom stereocenters. The number of nitrogens with zero attached hydrogens (tertiary/aromatic N) is 2. The largest absolute Gasteiger partial charge is 0.330 e. The SMILES string of the molecule is Cc1ccc(Nc2nnc(SCC(=O)Nc3ccc(Br)cc3C)s2)cc1C. The molecular formula is C19H19BrN4OS2. The minimum Gasteiger partial charge on any atom is -0.330 e. The van der Waals surface area contributed by atoms with E-state index in [0.717, 1.165) is 25.8 Å². The molecule has 0 aliphatic heterocycles. The van der Waals surface area contributed by atoms with Gasteiger partial charge in [0.25, 0.3) is 0 Å². The van der Waals surface area contributed by atoms with Crippen LogP contribution >= 0.6 is 39.0 Å². The van der Waals surface area contributed by atoms with Crippen LogP contribution in [0, 0.1) is 20.8 Å². The lowest BCUT2D eigenvalue weighted by molar-refractivity contribution is -0.113. The summed E-state index contributed by atoms with van der Waals surface area (Å²) in [6, 6.07) is 11.9. The quantitative estimate of drug-likeness (QED) is 0.459. The third-order valence-electron chi connectivity index (χ3n) is 3.95. The summed E-state index contributed by atoms with van der Waals surface area (Å²) in [5.41, 5.74) is 5.28. The number of amides is 1. The number of anilines is 3. The molecule has 1 heterocycles. The minimum atomic E-state index is -0.0655. The first kappa shape index (κ1) is 19.9. The van der Waals surface area contributed by atoms with Gasteiger partial charge in [-0.05, 0) is 67.8 Å². The third kappa shape index (κ3) is 5.54. The summed E-state index contributed by atoms with van der Waals surface area (Å²) >= 11 is 6.23. The van der Waals surface area contributed by atoms with Crippen molar-refractivity contribution in [3.05, 3.63) is 57.6 Å². The van der Waals surface area contributed by atoms with Gasteiger partial charge in [0.15, 0.2) is 4.34 Å². The molecule has 0 aliphatic carbocycles. The Morgan fingerprint density at radius 2 is 1.89 bits per heavy atom. The maximum atomic E-state index is 12.2. The van der Waals surface area contributed by atoms with E-state index in [1.807, 2.05) is 31.2 Å². The van der Waals surface area contributed by atoms with E-state index in [1.54, 1.807) is 0 Å². The zero-order valence-corrected chi connectivity index (χ0v) is 18.4. The molecule has 3 rings (SSSR count). The molecule has 3 aromatic rings. The molecule has 0 unspecified atom stereocenters. The van der Waals surface area contributed by atoms with Crippen LogP contribution in [0.25, 0.3) is 0 Å². The number of carbonyl (C=O) groups excluding carboxylic acids is 1. The average Bonchev–Trinajstić information content (AvgIpc) is 3.06. The first-order chi connectivity index (χ1) is 12.9. The Morgan fingerprint density at radius 3 is 2.63 bits per heavy atom. The molecule has 0 spiro atoms. The molecule has 0 aliphatic rings. The van der Waals surface area contributed by atoms with E-state index in [4.69, 9.17) is 0 Å². The van der Waals surface area contributed by atoms with Crippen molar-refractivity contribution in [2.75, 3.05) is 16.4 Å². The van der Waals surface area contributed by atoms with Gasteiger partial charge < -0.3 is 10.6 Å². The Hall–Kier alpha value is -1.90. The van der Waals surface area contributed by atoms with Crippen LogP contribution in [0.5, 0.6) is 0 Å². The predicted molar refractivity (Wildman–Crippen MR) is 117 cm³/mol. The number of benzene rings is 2. The van der Waals surface area contributed by atoms with E-state index in [9.17, 15) is 4.79 Å². The van der Waals surface area contributed by atoms with E-state index in [-0.39, 0.29) is 11.7 Å². The number of halogens is 1. The molecular weight excluding hydrogens is 444 g/mol. The Morgan fingerprint density at radius 1 is 1.07 bits per heavy atom. The van der Waals surface area contributed by atoms with Crippen molar-refractivity contribution in [3.8, 4) is 0 Å². The van der Waals surface area contributed by atoms with Gasteiger partial charge in [-0.15, -0.1) is 10.2 Å². The monoisotopic (exact) mass is 462 g/mol. The molecule has 0 fully saturated rings. The van der Waals surface area contributed by atoms with Crippen molar-refractivity contribution in [1.82, 2.24) is 10.2 Å². The molecule has 1 amide bonds. The topological polar surface area (TPSA) is 66.9 Å². The minimum absolute atomic E-state index is 0.0655. The zero-order chi connectivity index (χ0) is 19.4. The maximum absolute atomic E-state index is 12.2. The highest BCUT2D eigenvalue weighted by molar-refractivity contribution is 9.10. The van der Waals surface area contributed by atoms with Gasteiger partial charge in [-0.1, -0.05) is 45.1 Å². The highest BCUT2D eigenvalue weighted by Crippen LogP contribution is 2.28. The van der Waals surface area contributed by atoms with E-state index in [1.165, 1.54) is 34.2 Å². The van der Waals surface area contributed by atoms with E-state index in [0.29, 0.717) is 5.13 Å². The highest BCUT2D eigenvalue weighted by Gasteiger charge is 2.10. The standard InChI is InChI=1S/C19H19BrN4OS2/c1-11-4-6-15(9-12(11)2)21-18-23-24-19(27-18)26-10-17(25)22-16-7-5-14(20)8-13(16)3/h4-9H,10H2,1-3H3,(H,21,23)(H,22,25). The highest BCUT2D eigenvalue weighted by atomic mass is 79.9. The molecule has 140 valence electrons. The molecule has 0 saturated carbocycles. The molecule has 8 heteroatoms. The zero-order valence-electron chi connectivity index (χ0n) is 15.2. The van der Waals surface area contributed by atoms with Crippen LogP contribution in [0.3, 0.4) is 0 Å². The van der Waals surface area contributed by atoms with Crippen LogP contribution in [0.4, 0.5) is 16.5 Å². The van der Waals surface area contributed by atoms with Gasteiger partial charge in [-0.3, -0.25) is 4.79 Å². The van der Waals surface area contributed by atoms with Crippen LogP contribution in [-0.4, -0.2) is 21.9 Å².